The number of carboxylic acids is 1. The molecule has 0 radical (unpaired) electrons. The second kappa shape index (κ2) is 6.48. The molecule has 0 aliphatic carbocycles. The average molecular weight is 273 g/mol. The van der Waals surface area contributed by atoms with Gasteiger partial charge in [-0.2, -0.15) is 0 Å². The fourth-order valence-electron chi connectivity index (χ4n) is 1.42. The lowest BCUT2D eigenvalue weighted by molar-refractivity contribution is -0.143. The van der Waals surface area contributed by atoms with Crippen LogP contribution in [0.4, 0.5) is 0 Å². The first-order valence-electron chi connectivity index (χ1n) is 5.29. The Hall–Kier alpha value is -1.44. The summed E-state index contributed by atoms with van der Waals surface area (Å²) in [6.07, 6.45) is 0. The molecule has 0 aliphatic heterocycles. The predicted molar refractivity (Wildman–Crippen MR) is 65.4 cm³/mol. The molecule has 18 heavy (non-hydrogen) atoms. The van der Waals surface area contributed by atoms with Crippen LogP contribution in [0, 0.1) is 0 Å². The lowest BCUT2D eigenvalue weighted by atomic mass is 10.0. The van der Waals surface area contributed by atoms with Crippen molar-refractivity contribution < 1.29 is 23.2 Å². The highest BCUT2D eigenvalue weighted by Crippen LogP contribution is 2.16. The fraction of sp³-hybridized carbons (Fsp3) is 0.364. The molecule has 0 aromatic heterocycles. The standard InChI is InChI=1S/C11H15NO5S/c1-9(10-5-3-2-4-6-10)8-18(15,16)12-17-7-11(13)14/h2-6,9,12H,7-8H2,1H3,(H,13,14). The molecule has 0 aliphatic rings. The van der Waals surface area contributed by atoms with E-state index in [1.165, 1.54) is 0 Å². The molecule has 100 valence electrons. The van der Waals surface area contributed by atoms with Crippen molar-refractivity contribution in [2.24, 2.45) is 0 Å². The molecular weight excluding hydrogens is 258 g/mol. The monoisotopic (exact) mass is 273 g/mol. The Labute approximate surface area is 106 Å². The summed E-state index contributed by atoms with van der Waals surface area (Å²) in [4.78, 5) is 16.3. The second-order valence-electron chi connectivity index (χ2n) is 3.86. The molecule has 0 heterocycles. The van der Waals surface area contributed by atoms with Crippen LogP contribution in [0.5, 0.6) is 0 Å². The van der Waals surface area contributed by atoms with Gasteiger partial charge in [0.2, 0.25) is 10.0 Å². The minimum absolute atomic E-state index is 0.170. The van der Waals surface area contributed by atoms with E-state index in [4.69, 9.17) is 5.11 Å². The summed E-state index contributed by atoms with van der Waals surface area (Å²) in [6, 6.07) is 9.16. The molecule has 0 amide bonds. The van der Waals surface area contributed by atoms with Crippen LogP contribution in [0.25, 0.3) is 0 Å². The minimum atomic E-state index is -3.66. The number of nitrogens with one attached hydrogen (secondary N) is 1. The van der Waals surface area contributed by atoms with Crippen molar-refractivity contribution >= 4 is 16.0 Å². The summed E-state index contributed by atoms with van der Waals surface area (Å²) in [7, 11) is -3.66. The molecule has 1 rings (SSSR count). The molecule has 0 saturated heterocycles. The maximum atomic E-state index is 11.6. The van der Waals surface area contributed by atoms with Gasteiger partial charge in [0.05, 0.1) is 5.75 Å². The van der Waals surface area contributed by atoms with Gasteiger partial charge in [-0.05, 0) is 11.5 Å². The van der Waals surface area contributed by atoms with Gasteiger partial charge in [0.15, 0.2) is 6.61 Å². The van der Waals surface area contributed by atoms with Gasteiger partial charge in [-0.15, -0.1) is 0 Å². The summed E-state index contributed by atoms with van der Waals surface area (Å²) < 4.78 is 23.1. The third-order valence-electron chi connectivity index (χ3n) is 2.22. The van der Waals surface area contributed by atoms with Crippen molar-refractivity contribution in [3.63, 3.8) is 0 Å². The zero-order valence-electron chi connectivity index (χ0n) is 9.87. The van der Waals surface area contributed by atoms with Crippen molar-refractivity contribution in [1.29, 1.82) is 0 Å². The SMILES string of the molecule is CC(CS(=O)(=O)NOCC(=O)O)c1ccccc1. The number of carboxylic acid groups (broad SMARTS) is 1. The maximum Gasteiger partial charge on any atom is 0.331 e. The van der Waals surface area contributed by atoms with Crippen molar-refractivity contribution in [3.8, 4) is 0 Å². The molecule has 1 aromatic rings. The van der Waals surface area contributed by atoms with Gasteiger partial charge in [-0.25, -0.2) is 13.2 Å². The smallest absolute Gasteiger partial charge is 0.331 e. The molecule has 0 saturated carbocycles. The van der Waals surface area contributed by atoms with Crippen LogP contribution in [0.15, 0.2) is 30.3 Å². The first kappa shape index (κ1) is 14.6. The fourth-order valence-corrected chi connectivity index (χ4v) is 2.58. The van der Waals surface area contributed by atoms with E-state index in [2.05, 4.69) is 4.84 Å². The molecule has 1 unspecified atom stereocenters. The second-order valence-corrected chi connectivity index (χ2v) is 5.59. The molecule has 0 fully saturated rings. The van der Waals surface area contributed by atoms with Crippen molar-refractivity contribution in [1.82, 2.24) is 4.89 Å². The highest BCUT2D eigenvalue weighted by molar-refractivity contribution is 7.89. The van der Waals surface area contributed by atoms with Crippen LogP contribution in [0.1, 0.15) is 18.4 Å². The lowest BCUT2D eigenvalue weighted by Gasteiger charge is -2.12. The van der Waals surface area contributed by atoms with E-state index in [1.54, 1.807) is 11.8 Å². The number of benzene rings is 1. The Morgan fingerprint density at radius 3 is 2.56 bits per heavy atom. The van der Waals surface area contributed by atoms with Crippen molar-refractivity contribution in [2.75, 3.05) is 12.4 Å². The Bertz CT molecular complexity index is 485. The third kappa shape index (κ3) is 5.26. The molecule has 2 N–H and O–H groups in total. The first-order valence-corrected chi connectivity index (χ1v) is 6.94. The zero-order chi connectivity index (χ0) is 13.6. The lowest BCUT2D eigenvalue weighted by Crippen LogP contribution is -2.30. The van der Waals surface area contributed by atoms with Gasteiger partial charge in [0, 0.05) is 0 Å². The van der Waals surface area contributed by atoms with Gasteiger partial charge < -0.3 is 5.11 Å². The van der Waals surface area contributed by atoms with Crippen molar-refractivity contribution in [2.45, 2.75) is 12.8 Å². The number of hydrogen-bond acceptors (Lipinski definition) is 4. The van der Waals surface area contributed by atoms with Crippen LogP contribution in [-0.4, -0.2) is 31.9 Å². The molecular formula is C11H15NO5S. The summed E-state index contributed by atoms with van der Waals surface area (Å²) in [5, 5.41) is 8.31. The van der Waals surface area contributed by atoms with E-state index >= 15 is 0 Å². The molecule has 1 atom stereocenters. The molecule has 0 spiro atoms. The maximum absolute atomic E-state index is 11.6. The first-order chi connectivity index (χ1) is 8.41. The van der Waals surface area contributed by atoms with Crippen LogP contribution in [0.3, 0.4) is 0 Å². The van der Waals surface area contributed by atoms with Crippen LogP contribution in [0.2, 0.25) is 0 Å². The van der Waals surface area contributed by atoms with Crippen LogP contribution < -0.4 is 4.89 Å². The van der Waals surface area contributed by atoms with Crippen LogP contribution in [-0.2, 0) is 19.7 Å². The molecule has 1 aromatic carbocycles. The predicted octanol–water partition coefficient (Wildman–Crippen LogP) is 0.726. The van der Waals surface area contributed by atoms with Gasteiger partial charge in [0.25, 0.3) is 0 Å². The molecule has 0 bridgehead atoms. The number of sulfonamides is 1. The zero-order valence-corrected chi connectivity index (χ0v) is 10.7. The highest BCUT2D eigenvalue weighted by Gasteiger charge is 2.17. The summed E-state index contributed by atoms with van der Waals surface area (Å²) in [5.41, 5.74) is 0.890. The summed E-state index contributed by atoms with van der Waals surface area (Å²) >= 11 is 0. The van der Waals surface area contributed by atoms with E-state index in [1.807, 2.05) is 30.3 Å². The minimum Gasteiger partial charge on any atom is -0.479 e. The Kier molecular flexibility index (Phi) is 5.26. The highest BCUT2D eigenvalue weighted by atomic mass is 32.2. The topological polar surface area (TPSA) is 92.7 Å². The Morgan fingerprint density at radius 1 is 1.39 bits per heavy atom. The number of rotatable bonds is 7. The number of aliphatic carboxylic acids is 1. The number of hydrogen-bond donors (Lipinski definition) is 2. The average Bonchev–Trinajstić information content (AvgIpc) is 2.28. The Morgan fingerprint density at radius 2 is 2.00 bits per heavy atom. The van der Waals surface area contributed by atoms with Crippen molar-refractivity contribution in [3.05, 3.63) is 35.9 Å². The van der Waals surface area contributed by atoms with E-state index in [0.29, 0.717) is 0 Å². The Balaban J connectivity index is 2.53. The van der Waals surface area contributed by atoms with E-state index in [0.717, 1.165) is 5.56 Å². The van der Waals surface area contributed by atoms with Gasteiger partial charge in [0.1, 0.15) is 0 Å². The van der Waals surface area contributed by atoms with Gasteiger partial charge >= 0.3 is 5.97 Å². The summed E-state index contributed by atoms with van der Waals surface area (Å²) in [6.45, 7) is 1.06. The van der Waals surface area contributed by atoms with E-state index in [9.17, 15) is 13.2 Å². The van der Waals surface area contributed by atoms with Gasteiger partial charge in [-0.1, -0.05) is 42.1 Å². The third-order valence-corrected chi connectivity index (χ3v) is 3.53. The molecule has 7 heteroatoms. The number of carbonyl (C=O) groups is 1. The normalized spacial score (nSPS) is 13.2. The van der Waals surface area contributed by atoms with Gasteiger partial charge in [-0.3, -0.25) is 4.84 Å². The molecule has 6 nitrogen and oxygen atoms in total. The largest absolute Gasteiger partial charge is 0.479 e. The summed E-state index contributed by atoms with van der Waals surface area (Å²) in [5.74, 6) is -1.62. The van der Waals surface area contributed by atoms with E-state index < -0.39 is 22.6 Å². The van der Waals surface area contributed by atoms with E-state index in [-0.39, 0.29) is 11.7 Å². The van der Waals surface area contributed by atoms with Crippen LogP contribution >= 0.6 is 0 Å². The quantitative estimate of drug-likeness (QED) is 0.714.